The highest BCUT2D eigenvalue weighted by Crippen LogP contribution is 2.25. The van der Waals surface area contributed by atoms with Gasteiger partial charge in [-0.25, -0.2) is 18.5 Å². The number of benzene rings is 1. The van der Waals surface area contributed by atoms with Gasteiger partial charge in [0.15, 0.2) is 0 Å². The molecule has 1 heterocycles. The van der Waals surface area contributed by atoms with Crippen molar-refractivity contribution in [3.05, 3.63) is 23.8 Å². The Bertz CT molecular complexity index is 634. The summed E-state index contributed by atoms with van der Waals surface area (Å²) in [6.07, 6.45) is 0. The van der Waals surface area contributed by atoms with E-state index in [1.165, 1.54) is 0 Å². The van der Waals surface area contributed by atoms with Crippen LogP contribution >= 0.6 is 11.3 Å². The molecule has 0 radical (unpaired) electrons. The number of rotatable bonds is 4. The number of hydrogen-bond donors (Lipinski definition) is 1. The van der Waals surface area contributed by atoms with Crippen LogP contribution in [0.1, 0.15) is 12.5 Å². The van der Waals surface area contributed by atoms with Gasteiger partial charge in [-0.2, -0.15) is 0 Å². The molecule has 1 aromatic heterocycles. The predicted octanol–water partition coefficient (Wildman–Crippen LogP) is 1.48. The fourth-order valence-corrected chi connectivity index (χ4v) is 3.10. The molecule has 92 valence electrons. The fourth-order valence-electron chi connectivity index (χ4n) is 1.38. The molecule has 0 spiro atoms. The number of ether oxygens (including phenoxy) is 1. The fraction of sp³-hybridized carbons (Fsp3) is 0.300. The lowest BCUT2D eigenvalue weighted by molar-refractivity contribution is 0.134. The highest BCUT2D eigenvalue weighted by Gasteiger charge is 2.14. The minimum atomic E-state index is -3.72. The molecule has 0 fully saturated rings. The van der Waals surface area contributed by atoms with Crippen molar-refractivity contribution in [1.29, 1.82) is 0 Å². The van der Waals surface area contributed by atoms with Crippen LogP contribution in [0, 0.1) is 0 Å². The molecule has 0 aliphatic carbocycles. The molecule has 0 amide bonds. The van der Waals surface area contributed by atoms with Crippen molar-refractivity contribution in [2.45, 2.75) is 17.9 Å². The molecule has 7 heteroatoms. The maximum Gasteiger partial charge on any atom is 0.265 e. The third-order valence-corrected chi connectivity index (χ3v) is 4.49. The summed E-state index contributed by atoms with van der Waals surface area (Å²) in [5.74, 6) is 0. The summed E-state index contributed by atoms with van der Waals surface area (Å²) in [4.78, 5) is 3.97. The molecule has 2 N–H and O–H groups in total. The van der Waals surface area contributed by atoms with E-state index >= 15 is 0 Å². The van der Waals surface area contributed by atoms with Crippen molar-refractivity contribution in [3.8, 4) is 0 Å². The molecule has 0 unspecified atom stereocenters. The zero-order valence-electron chi connectivity index (χ0n) is 9.21. The van der Waals surface area contributed by atoms with Gasteiger partial charge in [0.25, 0.3) is 10.0 Å². The monoisotopic (exact) mass is 272 g/mol. The molecule has 17 heavy (non-hydrogen) atoms. The van der Waals surface area contributed by atoms with Crippen molar-refractivity contribution in [2.24, 2.45) is 5.14 Å². The summed E-state index contributed by atoms with van der Waals surface area (Å²) in [5, 5.41) is 5.03. The van der Waals surface area contributed by atoms with Gasteiger partial charge in [0.2, 0.25) is 4.34 Å². The molecule has 0 saturated heterocycles. The van der Waals surface area contributed by atoms with Gasteiger partial charge in [-0.3, -0.25) is 0 Å². The van der Waals surface area contributed by atoms with E-state index in [1.54, 1.807) is 6.07 Å². The van der Waals surface area contributed by atoms with Crippen LogP contribution < -0.4 is 5.14 Å². The lowest BCUT2D eigenvalue weighted by Gasteiger charge is -2.00. The molecule has 5 nitrogen and oxygen atoms in total. The van der Waals surface area contributed by atoms with Crippen LogP contribution in [-0.4, -0.2) is 20.0 Å². The zero-order chi connectivity index (χ0) is 12.5. The molecule has 0 aliphatic heterocycles. The van der Waals surface area contributed by atoms with E-state index in [1.807, 2.05) is 19.1 Å². The zero-order valence-corrected chi connectivity index (χ0v) is 10.8. The van der Waals surface area contributed by atoms with Crippen LogP contribution in [0.3, 0.4) is 0 Å². The number of fused-ring (bicyclic) bond motifs is 1. The summed E-state index contributed by atoms with van der Waals surface area (Å²) >= 11 is 1.07. The van der Waals surface area contributed by atoms with Gasteiger partial charge in [-0.05, 0) is 24.6 Å². The number of nitrogens with zero attached hydrogens (tertiary/aromatic N) is 1. The number of primary sulfonamides is 1. The second kappa shape index (κ2) is 4.69. The summed E-state index contributed by atoms with van der Waals surface area (Å²) in [6.45, 7) is 3.07. The Labute approximate surface area is 103 Å². The first-order valence-electron chi connectivity index (χ1n) is 5.00. The van der Waals surface area contributed by atoms with Gasteiger partial charge >= 0.3 is 0 Å². The Kier molecular flexibility index (Phi) is 3.43. The van der Waals surface area contributed by atoms with Crippen LogP contribution in [-0.2, 0) is 21.4 Å². The van der Waals surface area contributed by atoms with E-state index in [9.17, 15) is 8.42 Å². The topological polar surface area (TPSA) is 82.3 Å². The normalized spacial score (nSPS) is 12.1. The van der Waals surface area contributed by atoms with Crippen molar-refractivity contribution < 1.29 is 13.2 Å². The predicted molar refractivity (Wildman–Crippen MR) is 66.3 cm³/mol. The van der Waals surface area contributed by atoms with Gasteiger partial charge in [0, 0.05) is 6.61 Å². The van der Waals surface area contributed by atoms with Crippen LogP contribution in [0.25, 0.3) is 10.2 Å². The van der Waals surface area contributed by atoms with E-state index in [2.05, 4.69) is 4.98 Å². The third kappa shape index (κ3) is 2.81. The first-order valence-corrected chi connectivity index (χ1v) is 7.37. The summed E-state index contributed by atoms with van der Waals surface area (Å²) in [6, 6.07) is 5.51. The lowest BCUT2D eigenvalue weighted by Crippen LogP contribution is -2.11. The summed E-state index contributed by atoms with van der Waals surface area (Å²) < 4.78 is 28.3. The quantitative estimate of drug-likeness (QED) is 0.914. The molecular formula is C10H12N2O3S2. The van der Waals surface area contributed by atoms with Gasteiger partial charge in [-0.15, -0.1) is 11.3 Å². The van der Waals surface area contributed by atoms with E-state index < -0.39 is 10.0 Å². The molecule has 0 bridgehead atoms. The largest absolute Gasteiger partial charge is 0.377 e. The highest BCUT2D eigenvalue weighted by molar-refractivity contribution is 7.91. The van der Waals surface area contributed by atoms with E-state index in [4.69, 9.17) is 9.88 Å². The Hall–Kier alpha value is -1.02. The Balaban J connectivity index is 2.41. The van der Waals surface area contributed by atoms with Crippen LogP contribution in [0.15, 0.2) is 22.5 Å². The average Bonchev–Trinajstić information content (AvgIpc) is 2.68. The molecular weight excluding hydrogens is 260 g/mol. The molecule has 0 atom stereocenters. The van der Waals surface area contributed by atoms with Crippen LogP contribution in [0.4, 0.5) is 0 Å². The van der Waals surface area contributed by atoms with Crippen molar-refractivity contribution in [3.63, 3.8) is 0 Å². The highest BCUT2D eigenvalue weighted by atomic mass is 32.2. The smallest absolute Gasteiger partial charge is 0.265 e. The van der Waals surface area contributed by atoms with Gasteiger partial charge in [-0.1, -0.05) is 6.07 Å². The van der Waals surface area contributed by atoms with E-state index in [0.29, 0.717) is 18.7 Å². The minimum Gasteiger partial charge on any atom is -0.377 e. The van der Waals surface area contributed by atoms with E-state index in [-0.39, 0.29) is 4.34 Å². The maximum absolute atomic E-state index is 11.2. The number of nitrogens with two attached hydrogens (primary N) is 1. The van der Waals surface area contributed by atoms with Crippen molar-refractivity contribution in [1.82, 2.24) is 4.98 Å². The van der Waals surface area contributed by atoms with E-state index in [0.717, 1.165) is 21.6 Å². The van der Waals surface area contributed by atoms with Crippen molar-refractivity contribution in [2.75, 3.05) is 6.61 Å². The third-order valence-electron chi connectivity index (χ3n) is 2.15. The maximum atomic E-state index is 11.2. The molecule has 2 rings (SSSR count). The number of aromatic nitrogens is 1. The standard InChI is InChI=1S/C10H12N2O3S2/c1-2-15-6-7-3-4-8-9(5-7)16-10(12-8)17(11,13)14/h3-5H,2,6H2,1H3,(H2,11,13,14). The number of hydrogen-bond acceptors (Lipinski definition) is 5. The number of thiazole rings is 1. The van der Waals surface area contributed by atoms with Crippen LogP contribution in [0.2, 0.25) is 0 Å². The Morgan fingerprint density at radius 3 is 2.88 bits per heavy atom. The Morgan fingerprint density at radius 2 is 2.24 bits per heavy atom. The summed E-state index contributed by atoms with van der Waals surface area (Å²) in [5.41, 5.74) is 1.63. The molecule has 1 aromatic carbocycles. The number of sulfonamides is 1. The van der Waals surface area contributed by atoms with Crippen molar-refractivity contribution >= 4 is 31.6 Å². The average molecular weight is 272 g/mol. The lowest BCUT2D eigenvalue weighted by atomic mass is 10.2. The molecule has 0 aliphatic rings. The Morgan fingerprint density at radius 1 is 1.47 bits per heavy atom. The van der Waals surface area contributed by atoms with Gasteiger partial charge < -0.3 is 4.74 Å². The molecule has 2 aromatic rings. The first kappa shape index (κ1) is 12.4. The second-order valence-electron chi connectivity index (χ2n) is 3.46. The summed E-state index contributed by atoms with van der Waals surface area (Å²) in [7, 11) is -3.72. The first-order chi connectivity index (χ1) is 8.00. The molecule has 0 saturated carbocycles. The van der Waals surface area contributed by atoms with Gasteiger partial charge in [0.05, 0.1) is 16.8 Å². The van der Waals surface area contributed by atoms with Crippen LogP contribution in [0.5, 0.6) is 0 Å². The SMILES string of the molecule is CCOCc1ccc2nc(S(N)(=O)=O)sc2c1. The minimum absolute atomic E-state index is 0.0546. The second-order valence-corrected chi connectivity index (χ2v) is 6.23. The van der Waals surface area contributed by atoms with Gasteiger partial charge in [0.1, 0.15) is 0 Å².